The van der Waals surface area contributed by atoms with Crippen molar-refractivity contribution in [1.29, 1.82) is 5.26 Å². The summed E-state index contributed by atoms with van der Waals surface area (Å²) in [6, 6.07) is 12.7. The summed E-state index contributed by atoms with van der Waals surface area (Å²) in [6.45, 7) is 0.0129. The van der Waals surface area contributed by atoms with Gasteiger partial charge in [0.05, 0.1) is 24.3 Å². The smallest absolute Gasteiger partial charge is 0.338 e. The summed E-state index contributed by atoms with van der Waals surface area (Å²) in [5.41, 5.74) is 1.35. The predicted octanol–water partition coefficient (Wildman–Crippen LogP) is 2.36. The Balaban J connectivity index is 1.76. The van der Waals surface area contributed by atoms with Crippen LogP contribution in [0.3, 0.4) is 0 Å². The topological polar surface area (TPSA) is 105 Å². The molecule has 3 rings (SSSR count). The van der Waals surface area contributed by atoms with Crippen LogP contribution < -0.4 is 9.46 Å². The lowest BCUT2D eigenvalue weighted by Crippen LogP contribution is -2.26. The molecule has 2 aromatic carbocycles. The highest BCUT2D eigenvalue weighted by molar-refractivity contribution is 7.89. The number of nitriles is 1. The summed E-state index contributed by atoms with van der Waals surface area (Å²) in [5.74, 6) is -0.489. The van der Waals surface area contributed by atoms with Crippen LogP contribution in [0.25, 0.3) is 0 Å². The number of ether oxygens (including phenoxy) is 2. The van der Waals surface area contributed by atoms with Gasteiger partial charge in [0.15, 0.2) is 0 Å². The van der Waals surface area contributed by atoms with Gasteiger partial charge in [0.1, 0.15) is 17.3 Å². The van der Waals surface area contributed by atoms with Crippen LogP contribution in [0.4, 0.5) is 0 Å². The van der Waals surface area contributed by atoms with Gasteiger partial charge in [-0.2, -0.15) is 5.26 Å². The number of nitrogens with zero attached hydrogens (tertiary/aromatic N) is 1. The molecule has 27 heavy (non-hydrogen) atoms. The monoisotopic (exact) mass is 386 g/mol. The number of nitrogens with one attached hydrogen (secondary N) is 1. The second kappa shape index (κ2) is 7.78. The van der Waals surface area contributed by atoms with Gasteiger partial charge in [0, 0.05) is 6.04 Å². The van der Waals surface area contributed by atoms with E-state index in [1.54, 1.807) is 24.3 Å². The number of hydrogen-bond acceptors (Lipinski definition) is 6. The standard InChI is InChI=1S/C19H18N2O5S/c1-25-17-9-6-15(10-18(17)27(23,24)21-16-7-8-16)19(22)26-12-14-4-2-13(11-20)3-5-14/h2-6,9-10,16,21H,7-8,12H2,1H3. The zero-order valence-corrected chi connectivity index (χ0v) is 15.5. The summed E-state index contributed by atoms with van der Waals surface area (Å²) >= 11 is 0. The summed E-state index contributed by atoms with van der Waals surface area (Å²) in [5, 5.41) is 8.79. The second-order valence-corrected chi connectivity index (χ2v) is 7.83. The molecule has 1 N–H and O–H groups in total. The van der Waals surface area contributed by atoms with Crippen molar-refractivity contribution in [3.05, 3.63) is 59.2 Å². The number of hydrogen-bond donors (Lipinski definition) is 1. The number of sulfonamides is 1. The minimum absolute atomic E-state index is 0.0129. The first-order chi connectivity index (χ1) is 12.9. The Hall–Kier alpha value is -2.89. The van der Waals surface area contributed by atoms with Crippen molar-refractivity contribution in [3.8, 4) is 11.8 Å². The Morgan fingerprint density at radius 1 is 1.22 bits per heavy atom. The number of esters is 1. The lowest BCUT2D eigenvalue weighted by molar-refractivity contribution is 0.0472. The van der Waals surface area contributed by atoms with Gasteiger partial charge in [-0.25, -0.2) is 17.9 Å². The van der Waals surface area contributed by atoms with Crippen molar-refractivity contribution in [2.75, 3.05) is 7.11 Å². The molecule has 1 saturated carbocycles. The van der Waals surface area contributed by atoms with Crippen LogP contribution in [0.5, 0.6) is 5.75 Å². The number of carbonyl (C=O) groups excluding carboxylic acids is 1. The molecule has 1 aliphatic carbocycles. The van der Waals surface area contributed by atoms with E-state index < -0.39 is 16.0 Å². The van der Waals surface area contributed by atoms with Crippen molar-refractivity contribution in [2.45, 2.75) is 30.4 Å². The van der Waals surface area contributed by atoms with Crippen LogP contribution in [0.15, 0.2) is 47.4 Å². The lowest BCUT2D eigenvalue weighted by atomic mass is 10.1. The van der Waals surface area contributed by atoms with E-state index >= 15 is 0 Å². The third-order valence-corrected chi connectivity index (χ3v) is 5.58. The van der Waals surface area contributed by atoms with Crippen LogP contribution in [0, 0.1) is 11.3 Å². The Bertz CT molecular complexity index is 990. The van der Waals surface area contributed by atoms with Gasteiger partial charge in [-0.1, -0.05) is 12.1 Å². The summed E-state index contributed by atoms with van der Waals surface area (Å²) in [4.78, 5) is 12.2. The Morgan fingerprint density at radius 3 is 2.52 bits per heavy atom. The fraction of sp³-hybridized carbons (Fsp3) is 0.263. The summed E-state index contributed by atoms with van der Waals surface area (Å²) < 4.78 is 38.0. The van der Waals surface area contributed by atoms with Gasteiger partial charge in [-0.15, -0.1) is 0 Å². The number of benzene rings is 2. The number of methoxy groups -OCH3 is 1. The summed E-state index contributed by atoms with van der Waals surface area (Å²) in [7, 11) is -2.41. The van der Waals surface area contributed by atoms with E-state index in [4.69, 9.17) is 14.7 Å². The fourth-order valence-electron chi connectivity index (χ4n) is 2.41. The molecule has 0 spiro atoms. The third kappa shape index (κ3) is 4.64. The van der Waals surface area contributed by atoms with Crippen LogP contribution in [0.2, 0.25) is 0 Å². The maximum atomic E-state index is 12.5. The molecule has 7 nitrogen and oxygen atoms in total. The first kappa shape index (κ1) is 18.9. The zero-order valence-electron chi connectivity index (χ0n) is 14.6. The molecule has 0 radical (unpaired) electrons. The minimum atomic E-state index is -3.78. The molecule has 0 unspecified atom stereocenters. The molecule has 0 saturated heterocycles. The predicted molar refractivity (Wildman–Crippen MR) is 96.6 cm³/mol. The maximum absolute atomic E-state index is 12.5. The van der Waals surface area contributed by atoms with Gasteiger partial charge in [0.2, 0.25) is 10.0 Å². The molecule has 0 atom stereocenters. The van der Waals surface area contributed by atoms with Gasteiger partial charge in [-0.3, -0.25) is 0 Å². The molecule has 0 bridgehead atoms. The van der Waals surface area contributed by atoms with E-state index in [1.807, 2.05) is 6.07 Å². The van der Waals surface area contributed by atoms with E-state index in [-0.39, 0.29) is 28.9 Å². The molecule has 0 aliphatic heterocycles. The van der Waals surface area contributed by atoms with E-state index in [1.165, 1.54) is 25.3 Å². The second-order valence-electron chi connectivity index (χ2n) is 6.15. The van der Waals surface area contributed by atoms with E-state index in [0.29, 0.717) is 5.56 Å². The first-order valence-electron chi connectivity index (χ1n) is 8.29. The molecule has 2 aromatic rings. The van der Waals surface area contributed by atoms with Crippen molar-refractivity contribution in [3.63, 3.8) is 0 Å². The molecule has 8 heteroatoms. The zero-order chi connectivity index (χ0) is 19.4. The Kier molecular flexibility index (Phi) is 5.44. The van der Waals surface area contributed by atoms with Crippen molar-refractivity contribution in [2.24, 2.45) is 0 Å². The highest BCUT2D eigenvalue weighted by Crippen LogP contribution is 2.28. The van der Waals surface area contributed by atoms with Crippen molar-refractivity contribution >= 4 is 16.0 Å². The van der Waals surface area contributed by atoms with Gasteiger partial charge in [0.25, 0.3) is 0 Å². The third-order valence-electron chi connectivity index (χ3n) is 4.04. The molecule has 140 valence electrons. The Morgan fingerprint density at radius 2 is 1.93 bits per heavy atom. The van der Waals surface area contributed by atoms with Crippen LogP contribution >= 0.6 is 0 Å². The highest BCUT2D eigenvalue weighted by Gasteiger charge is 2.30. The van der Waals surface area contributed by atoms with Crippen LogP contribution in [0.1, 0.15) is 34.3 Å². The lowest BCUT2D eigenvalue weighted by Gasteiger charge is -2.12. The fourth-order valence-corrected chi connectivity index (χ4v) is 3.91. The molecule has 0 aromatic heterocycles. The summed E-state index contributed by atoms with van der Waals surface area (Å²) in [6.07, 6.45) is 1.60. The average molecular weight is 386 g/mol. The average Bonchev–Trinajstić information content (AvgIpc) is 3.49. The minimum Gasteiger partial charge on any atom is -0.495 e. The van der Waals surface area contributed by atoms with Gasteiger partial charge in [-0.05, 0) is 48.7 Å². The molecule has 1 fully saturated rings. The molecule has 0 amide bonds. The SMILES string of the molecule is COc1ccc(C(=O)OCc2ccc(C#N)cc2)cc1S(=O)(=O)NC1CC1. The molecule has 0 heterocycles. The van der Waals surface area contributed by atoms with Crippen molar-refractivity contribution < 1.29 is 22.7 Å². The first-order valence-corrected chi connectivity index (χ1v) is 9.78. The van der Waals surface area contributed by atoms with Gasteiger partial charge < -0.3 is 9.47 Å². The van der Waals surface area contributed by atoms with E-state index in [0.717, 1.165) is 18.4 Å². The molecule has 1 aliphatic rings. The number of rotatable bonds is 7. The van der Waals surface area contributed by atoms with E-state index in [2.05, 4.69) is 4.72 Å². The van der Waals surface area contributed by atoms with E-state index in [9.17, 15) is 13.2 Å². The van der Waals surface area contributed by atoms with Crippen molar-refractivity contribution in [1.82, 2.24) is 4.72 Å². The quantitative estimate of drug-likeness (QED) is 0.733. The van der Waals surface area contributed by atoms with Crippen LogP contribution in [-0.2, 0) is 21.4 Å². The molecular weight excluding hydrogens is 368 g/mol. The molecular formula is C19H18N2O5S. The maximum Gasteiger partial charge on any atom is 0.338 e. The van der Waals surface area contributed by atoms with Crippen LogP contribution in [-0.4, -0.2) is 27.5 Å². The number of carbonyl (C=O) groups is 1. The van der Waals surface area contributed by atoms with Gasteiger partial charge >= 0.3 is 5.97 Å². The largest absolute Gasteiger partial charge is 0.495 e. The normalized spacial score (nSPS) is 13.6. The Labute approximate surface area is 157 Å². The highest BCUT2D eigenvalue weighted by atomic mass is 32.2.